The predicted octanol–water partition coefficient (Wildman–Crippen LogP) is 3.43. The lowest BCUT2D eigenvalue weighted by Crippen LogP contribution is -2.14. The molecule has 1 N–H and O–H groups in total. The van der Waals surface area contributed by atoms with E-state index in [-0.39, 0.29) is 11.3 Å². The van der Waals surface area contributed by atoms with Crippen LogP contribution in [0.15, 0.2) is 40.9 Å². The fourth-order valence-corrected chi connectivity index (χ4v) is 2.24. The van der Waals surface area contributed by atoms with Gasteiger partial charge in [-0.2, -0.15) is 0 Å². The Morgan fingerprint density at radius 3 is 1.92 bits per heavy atom. The summed E-state index contributed by atoms with van der Waals surface area (Å²) in [6.45, 7) is 0. The second kappa shape index (κ2) is 7.00. The lowest BCUT2D eigenvalue weighted by atomic mass is 10.1. The summed E-state index contributed by atoms with van der Waals surface area (Å²) < 4.78 is 0.406. The minimum Gasteiger partial charge on any atom is -0.316 e. The number of anilines is 1. The highest BCUT2D eigenvalue weighted by Gasteiger charge is 2.22. The van der Waals surface area contributed by atoms with Crippen molar-refractivity contribution >= 4 is 44.6 Å². The number of halogens is 1. The number of amides is 1. The zero-order valence-electron chi connectivity index (χ0n) is 12.0. The molecule has 11 nitrogen and oxygen atoms in total. The van der Waals surface area contributed by atoms with Gasteiger partial charge in [-0.05, 0) is 12.1 Å². The summed E-state index contributed by atoms with van der Waals surface area (Å²) >= 11 is 3.06. The minimum atomic E-state index is -0.961. The number of non-ortho nitro benzene ring substituents is 2. The Morgan fingerprint density at radius 1 is 0.880 bits per heavy atom. The highest BCUT2D eigenvalue weighted by molar-refractivity contribution is 9.10. The average Bonchev–Trinajstić information content (AvgIpc) is 2.55. The van der Waals surface area contributed by atoms with Crippen molar-refractivity contribution in [3.8, 4) is 0 Å². The molecule has 0 atom stereocenters. The summed E-state index contributed by atoms with van der Waals surface area (Å²) in [5.74, 6) is -0.961. The highest BCUT2D eigenvalue weighted by atomic mass is 79.9. The fraction of sp³-hybridized carbons (Fsp3) is 0. The number of hydrogen-bond acceptors (Lipinski definition) is 7. The van der Waals surface area contributed by atoms with Crippen LogP contribution >= 0.6 is 15.9 Å². The zero-order chi connectivity index (χ0) is 18.7. The molecule has 0 saturated carbocycles. The molecular weight excluding hydrogens is 404 g/mol. The van der Waals surface area contributed by atoms with Crippen molar-refractivity contribution < 1.29 is 19.6 Å². The number of carbonyl (C=O) groups excluding carboxylic acids is 1. The second-order valence-electron chi connectivity index (χ2n) is 4.63. The van der Waals surface area contributed by atoms with Gasteiger partial charge in [0.15, 0.2) is 0 Å². The summed E-state index contributed by atoms with van der Waals surface area (Å²) in [6.07, 6.45) is 0. The first-order valence-electron chi connectivity index (χ1n) is 6.38. The van der Waals surface area contributed by atoms with Gasteiger partial charge in [0.1, 0.15) is 5.69 Å². The molecule has 0 bridgehead atoms. The van der Waals surface area contributed by atoms with Crippen LogP contribution in [0.2, 0.25) is 0 Å². The minimum absolute atomic E-state index is 0.160. The van der Waals surface area contributed by atoms with Gasteiger partial charge in [-0.25, -0.2) is 0 Å². The van der Waals surface area contributed by atoms with Gasteiger partial charge in [0.05, 0.1) is 26.4 Å². The van der Waals surface area contributed by atoms with E-state index in [0.717, 1.165) is 18.2 Å². The molecule has 0 heterocycles. The van der Waals surface area contributed by atoms with Crippen LogP contribution in [-0.2, 0) is 0 Å². The van der Waals surface area contributed by atoms with E-state index in [2.05, 4.69) is 21.2 Å². The monoisotopic (exact) mass is 410 g/mol. The van der Waals surface area contributed by atoms with Crippen LogP contribution in [0.25, 0.3) is 0 Å². The number of benzene rings is 2. The average molecular weight is 411 g/mol. The number of carbonyl (C=O) groups is 1. The maximum atomic E-state index is 12.2. The molecule has 25 heavy (non-hydrogen) atoms. The van der Waals surface area contributed by atoms with Gasteiger partial charge in [-0.1, -0.05) is 15.9 Å². The summed E-state index contributed by atoms with van der Waals surface area (Å²) in [5.41, 5.74) is -2.25. The quantitative estimate of drug-likeness (QED) is 0.583. The van der Waals surface area contributed by atoms with Gasteiger partial charge in [0, 0.05) is 22.7 Å². The van der Waals surface area contributed by atoms with Gasteiger partial charge in [-0.15, -0.1) is 0 Å². The smallest absolute Gasteiger partial charge is 0.293 e. The Morgan fingerprint density at radius 2 is 1.44 bits per heavy atom. The molecule has 2 rings (SSSR count). The number of nitro benzene ring substituents is 3. The number of hydrogen-bond donors (Lipinski definition) is 1. The predicted molar refractivity (Wildman–Crippen MR) is 88.5 cm³/mol. The van der Waals surface area contributed by atoms with Crippen molar-refractivity contribution in [3.63, 3.8) is 0 Å². The van der Waals surface area contributed by atoms with E-state index in [9.17, 15) is 35.1 Å². The van der Waals surface area contributed by atoms with Crippen LogP contribution < -0.4 is 5.32 Å². The molecule has 0 aliphatic heterocycles. The lowest BCUT2D eigenvalue weighted by molar-refractivity contribution is -0.394. The van der Waals surface area contributed by atoms with E-state index in [4.69, 9.17) is 0 Å². The molecule has 0 radical (unpaired) electrons. The van der Waals surface area contributed by atoms with Crippen molar-refractivity contribution in [2.45, 2.75) is 0 Å². The number of nitrogens with zero attached hydrogens (tertiary/aromatic N) is 3. The van der Waals surface area contributed by atoms with Gasteiger partial charge in [0.25, 0.3) is 23.0 Å². The Kier molecular flexibility index (Phi) is 5.02. The molecule has 0 saturated heterocycles. The van der Waals surface area contributed by atoms with Gasteiger partial charge < -0.3 is 5.32 Å². The van der Waals surface area contributed by atoms with Gasteiger partial charge in [-0.3, -0.25) is 35.1 Å². The Hall–Kier alpha value is -3.41. The van der Waals surface area contributed by atoms with Crippen molar-refractivity contribution in [2.75, 3.05) is 5.32 Å². The maximum absolute atomic E-state index is 12.2. The third-order valence-corrected chi connectivity index (χ3v) is 3.48. The molecule has 0 unspecified atom stereocenters. The summed E-state index contributed by atoms with van der Waals surface area (Å²) in [6, 6.07) is 6.24. The summed E-state index contributed by atoms with van der Waals surface area (Å²) in [4.78, 5) is 42.5. The molecule has 2 aromatic rings. The zero-order valence-corrected chi connectivity index (χ0v) is 13.6. The molecule has 0 aliphatic carbocycles. The molecule has 12 heteroatoms. The van der Waals surface area contributed by atoms with Crippen molar-refractivity contribution in [1.29, 1.82) is 0 Å². The molecular formula is C13H7BrN4O7. The van der Waals surface area contributed by atoms with E-state index in [0.29, 0.717) is 10.5 Å². The Labute approximate surface area is 146 Å². The van der Waals surface area contributed by atoms with E-state index in [1.807, 2.05) is 0 Å². The molecule has 0 fully saturated rings. The van der Waals surface area contributed by atoms with Crippen LogP contribution in [0.3, 0.4) is 0 Å². The van der Waals surface area contributed by atoms with Crippen molar-refractivity contribution in [2.24, 2.45) is 0 Å². The third kappa shape index (κ3) is 4.11. The standard InChI is InChI=1S/C13H7BrN4O7/c14-8-1-2-11(12(5-8)18(24)25)15-13(19)7-3-9(16(20)21)6-10(4-7)17(22)23/h1-6H,(H,15,19). The SMILES string of the molecule is O=C(Nc1ccc(Br)cc1[N+](=O)[O-])c1cc([N+](=O)[O-])cc([N+](=O)[O-])c1. The highest BCUT2D eigenvalue weighted by Crippen LogP contribution is 2.29. The topological polar surface area (TPSA) is 159 Å². The molecule has 0 spiro atoms. The number of nitro groups is 3. The summed E-state index contributed by atoms with van der Waals surface area (Å²) in [5, 5.41) is 34.9. The maximum Gasteiger partial charge on any atom is 0.293 e. The van der Waals surface area contributed by atoms with Crippen LogP contribution in [-0.4, -0.2) is 20.7 Å². The first kappa shape index (κ1) is 17.9. The van der Waals surface area contributed by atoms with E-state index < -0.39 is 37.7 Å². The van der Waals surface area contributed by atoms with Crippen LogP contribution in [0, 0.1) is 30.3 Å². The lowest BCUT2D eigenvalue weighted by Gasteiger charge is -2.06. The fourth-order valence-electron chi connectivity index (χ4n) is 1.89. The van der Waals surface area contributed by atoms with Gasteiger partial charge >= 0.3 is 0 Å². The number of nitrogens with one attached hydrogen (secondary N) is 1. The molecule has 2 aromatic carbocycles. The van der Waals surface area contributed by atoms with E-state index in [1.54, 1.807) is 0 Å². The molecule has 1 amide bonds. The summed E-state index contributed by atoms with van der Waals surface area (Å²) in [7, 11) is 0. The second-order valence-corrected chi connectivity index (χ2v) is 5.54. The molecule has 0 aromatic heterocycles. The van der Waals surface area contributed by atoms with Crippen LogP contribution in [0.5, 0.6) is 0 Å². The van der Waals surface area contributed by atoms with Crippen LogP contribution in [0.1, 0.15) is 10.4 Å². The van der Waals surface area contributed by atoms with E-state index in [1.165, 1.54) is 12.1 Å². The Bertz CT molecular complexity index is 883. The first-order chi connectivity index (χ1) is 11.7. The first-order valence-corrected chi connectivity index (χ1v) is 7.17. The molecule has 0 aliphatic rings. The van der Waals surface area contributed by atoms with Crippen LogP contribution in [0.4, 0.5) is 22.7 Å². The number of rotatable bonds is 5. The third-order valence-electron chi connectivity index (χ3n) is 2.99. The van der Waals surface area contributed by atoms with E-state index >= 15 is 0 Å². The molecule has 128 valence electrons. The van der Waals surface area contributed by atoms with Crippen molar-refractivity contribution in [3.05, 3.63) is 76.8 Å². The largest absolute Gasteiger partial charge is 0.316 e. The Balaban J connectivity index is 2.44. The van der Waals surface area contributed by atoms with Crippen molar-refractivity contribution in [1.82, 2.24) is 0 Å². The normalized spacial score (nSPS) is 10.1. The van der Waals surface area contributed by atoms with Gasteiger partial charge in [0.2, 0.25) is 0 Å².